The number of rotatable bonds is 10. The van der Waals surface area contributed by atoms with Gasteiger partial charge in [-0.15, -0.1) is 12.4 Å². The molecule has 0 bridgehead atoms. The monoisotopic (exact) mass is 394 g/mol. The van der Waals surface area contributed by atoms with Gasteiger partial charge in [-0.05, 0) is 42.8 Å². The van der Waals surface area contributed by atoms with Crippen molar-refractivity contribution < 1.29 is 14.5 Å². The van der Waals surface area contributed by atoms with E-state index in [-0.39, 0.29) is 24.0 Å². The van der Waals surface area contributed by atoms with E-state index in [0.29, 0.717) is 44.0 Å². The van der Waals surface area contributed by atoms with Gasteiger partial charge in [0.1, 0.15) is 12.4 Å². The summed E-state index contributed by atoms with van der Waals surface area (Å²) in [7, 11) is 0. The molecule has 0 aliphatic carbocycles. The Morgan fingerprint density at radius 2 is 1.70 bits per heavy atom. The summed E-state index contributed by atoms with van der Waals surface area (Å²) in [4.78, 5) is 22.1. The Balaban J connectivity index is 0.00000364. The summed E-state index contributed by atoms with van der Waals surface area (Å²) < 4.78 is 5.37. The molecule has 8 nitrogen and oxygen atoms in total. The Kier molecular flexibility index (Phi) is 9.63. The van der Waals surface area contributed by atoms with E-state index in [1.54, 1.807) is 36.4 Å². The van der Waals surface area contributed by atoms with E-state index >= 15 is 0 Å². The third kappa shape index (κ3) is 7.93. The Bertz CT molecular complexity index is 723. The van der Waals surface area contributed by atoms with Crippen molar-refractivity contribution in [1.29, 1.82) is 0 Å². The normalized spacial score (nSPS) is 9.81. The van der Waals surface area contributed by atoms with Crippen LogP contribution in [0.5, 0.6) is 5.75 Å². The summed E-state index contributed by atoms with van der Waals surface area (Å²) in [6.45, 7) is 1.50. The van der Waals surface area contributed by atoms with E-state index in [4.69, 9.17) is 10.5 Å². The smallest absolute Gasteiger partial charge is 0.269 e. The molecule has 4 N–H and O–H groups in total. The van der Waals surface area contributed by atoms with Crippen LogP contribution in [0, 0.1) is 10.1 Å². The lowest BCUT2D eigenvalue weighted by molar-refractivity contribution is -0.384. The minimum atomic E-state index is -0.439. The van der Waals surface area contributed by atoms with Crippen molar-refractivity contribution in [3.63, 3.8) is 0 Å². The first-order chi connectivity index (χ1) is 12.6. The number of benzene rings is 2. The molecule has 0 radical (unpaired) electrons. The third-order valence-corrected chi connectivity index (χ3v) is 3.51. The maximum Gasteiger partial charge on any atom is 0.269 e. The maximum absolute atomic E-state index is 11.9. The molecule has 2 aromatic carbocycles. The van der Waals surface area contributed by atoms with E-state index in [1.165, 1.54) is 12.1 Å². The predicted octanol–water partition coefficient (Wildman–Crippen LogP) is 3.18. The van der Waals surface area contributed by atoms with Gasteiger partial charge in [0.15, 0.2) is 0 Å². The van der Waals surface area contributed by atoms with Crippen LogP contribution in [0.1, 0.15) is 12.8 Å². The number of nitrogens with one attached hydrogen (secondary N) is 2. The zero-order valence-electron chi connectivity index (χ0n) is 14.7. The molecule has 0 atom stereocenters. The zero-order valence-corrected chi connectivity index (χ0v) is 15.5. The van der Waals surface area contributed by atoms with Crippen molar-refractivity contribution >= 4 is 35.4 Å². The molecule has 1 amide bonds. The lowest BCUT2D eigenvalue weighted by Crippen LogP contribution is -2.13. The molecule has 27 heavy (non-hydrogen) atoms. The molecule has 9 heteroatoms. The highest BCUT2D eigenvalue weighted by Crippen LogP contribution is 2.17. The highest BCUT2D eigenvalue weighted by molar-refractivity contribution is 5.90. The lowest BCUT2D eigenvalue weighted by Gasteiger charge is -2.08. The van der Waals surface area contributed by atoms with Crippen LogP contribution >= 0.6 is 12.4 Å². The van der Waals surface area contributed by atoms with Crippen LogP contribution in [0.2, 0.25) is 0 Å². The van der Waals surface area contributed by atoms with Gasteiger partial charge in [0, 0.05) is 43.0 Å². The van der Waals surface area contributed by atoms with Crippen molar-refractivity contribution in [2.75, 3.05) is 30.3 Å². The van der Waals surface area contributed by atoms with Gasteiger partial charge < -0.3 is 21.1 Å². The van der Waals surface area contributed by atoms with Crippen LogP contribution < -0.4 is 21.1 Å². The van der Waals surface area contributed by atoms with Crippen molar-refractivity contribution in [2.45, 2.75) is 12.8 Å². The largest absolute Gasteiger partial charge is 0.492 e. The highest BCUT2D eigenvalue weighted by atomic mass is 35.5. The topological polar surface area (TPSA) is 120 Å². The van der Waals surface area contributed by atoms with Crippen molar-refractivity contribution in [1.82, 2.24) is 0 Å². The molecule has 0 unspecified atom stereocenters. The van der Waals surface area contributed by atoms with Gasteiger partial charge in [-0.2, -0.15) is 0 Å². The fourth-order valence-corrected chi connectivity index (χ4v) is 2.22. The van der Waals surface area contributed by atoms with Gasteiger partial charge in [0.05, 0.1) is 4.92 Å². The Hall–Kier alpha value is -2.84. The summed E-state index contributed by atoms with van der Waals surface area (Å²) >= 11 is 0. The second-order valence-electron chi connectivity index (χ2n) is 5.54. The number of ether oxygens (including phenoxy) is 1. The average molecular weight is 395 g/mol. The number of anilines is 2. The number of nitrogens with zero attached hydrogens (tertiary/aromatic N) is 1. The predicted molar refractivity (Wildman–Crippen MR) is 108 cm³/mol. The van der Waals surface area contributed by atoms with Crippen molar-refractivity contribution in [3.05, 3.63) is 58.6 Å². The Morgan fingerprint density at radius 1 is 1.07 bits per heavy atom. The van der Waals surface area contributed by atoms with E-state index in [9.17, 15) is 14.9 Å². The number of carbonyl (C=O) groups is 1. The minimum absolute atomic E-state index is 0. The van der Waals surface area contributed by atoms with Crippen molar-refractivity contribution in [2.24, 2.45) is 5.73 Å². The van der Waals surface area contributed by atoms with Gasteiger partial charge in [-0.1, -0.05) is 0 Å². The Morgan fingerprint density at radius 3 is 2.30 bits per heavy atom. The minimum Gasteiger partial charge on any atom is -0.492 e. The van der Waals surface area contributed by atoms with Gasteiger partial charge in [-0.3, -0.25) is 14.9 Å². The number of hydrogen-bond acceptors (Lipinski definition) is 6. The number of non-ortho nitro benzene ring substituents is 1. The molecule has 0 aliphatic heterocycles. The fraction of sp³-hybridized carbons (Fsp3) is 0.278. The molecule has 0 spiro atoms. The SMILES string of the molecule is Cl.NCCOc1ccc(NC(=O)CCCNc2ccc([N+](=O)[O-])cc2)cc1. The van der Waals surface area contributed by atoms with Crippen LogP contribution in [0.3, 0.4) is 0 Å². The first kappa shape index (κ1) is 22.2. The Labute approximate surface area is 163 Å². The van der Waals surface area contributed by atoms with Gasteiger partial charge >= 0.3 is 0 Å². The number of nitro benzene ring substituents is 1. The number of halogens is 1. The van der Waals surface area contributed by atoms with Crippen molar-refractivity contribution in [3.8, 4) is 5.75 Å². The van der Waals surface area contributed by atoms with E-state index in [0.717, 1.165) is 5.69 Å². The van der Waals surface area contributed by atoms with Crippen LogP contribution in [-0.2, 0) is 4.79 Å². The first-order valence-electron chi connectivity index (χ1n) is 8.29. The van der Waals surface area contributed by atoms with E-state index in [2.05, 4.69) is 10.6 Å². The number of nitrogens with two attached hydrogens (primary N) is 1. The first-order valence-corrected chi connectivity index (χ1v) is 8.29. The van der Waals surface area contributed by atoms with Crippen LogP contribution in [0.4, 0.5) is 17.1 Å². The summed E-state index contributed by atoms with van der Waals surface area (Å²) in [5.74, 6) is 0.631. The van der Waals surface area contributed by atoms with E-state index in [1.807, 2.05) is 0 Å². The number of hydrogen-bond donors (Lipinski definition) is 3. The molecule has 0 saturated carbocycles. The molecular weight excluding hydrogens is 372 g/mol. The molecule has 2 aromatic rings. The van der Waals surface area contributed by atoms with Crippen LogP contribution in [0.25, 0.3) is 0 Å². The zero-order chi connectivity index (χ0) is 18.8. The highest BCUT2D eigenvalue weighted by Gasteiger charge is 2.05. The summed E-state index contributed by atoms with van der Waals surface area (Å²) in [5, 5.41) is 16.5. The number of carbonyl (C=O) groups excluding carboxylic acids is 1. The van der Waals surface area contributed by atoms with Crippen LogP contribution in [0.15, 0.2) is 48.5 Å². The quantitative estimate of drug-likeness (QED) is 0.323. The molecule has 0 heterocycles. The number of amides is 1. The lowest BCUT2D eigenvalue weighted by atomic mass is 10.2. The number of nitro groups is 1. The molecular formula is C18H23ClN4O4. The van der Waals surface area contributed by atoms with Crippen LogP contribution in [-0.4, -0.2) is 30.5 Å². The van der Waals surface area contributed by atoms with Gasteiger partial charge in [0.2, 0.25) is 5.91 Å². The van der Waals surface area contributed by atoms with Gasteiger partial charge in [-0.25, -0.2) is 0 Å². The molecule has 0 aliphatic rings. The average Bonchev–Trinajstić information content (AvgIpc) is 2.65. The fourth-order valence-electron chi connectivity index (χ4n) is 2.22. The molecule has 0 fully saturated rings. The molecule has 0 aromatic heterocycles. The molecule has 0 saturated heterocycles. The standard InChI is InChI=1S/C18H22N4O4.ClH/c19-11-13-26-17-9-5-15(6-10-17)21-18(23)2-1-12-20-14-3-7-16(8-4-14)22(24)25;/h3-10,20H,1-2,11-13,19H2,(H,21,23);1H. The summed E-state index contributed by atoms with van der Waals surface area (Å²) in [6, 6.07) is 13.3. The molecule has 146 valence electrons. The second kappa shape index (κ2) is 11.7. The maximum atomic E-state index is 11.9. The summed E-state index contributed by atoms with van der Waals surface area (Å²) in [6.07, 6.45) is 1.01. The molecule has 2 rings (SSSR count). The summed E-state index contributed by atoms with van der Waals surface area (Å²) in [5.41, 5.74) is 6.91. The van der Waals surface area contributed by atoms with E-state index < -0.39 is 4.92 Å². The van der Waals surface area contributed by atoms with Gasteiger partial charge in [0.25, 0.3) is 5.69 Å². The second-order valence-corrected chi connectivity index (χ2v) is 5.54. The third-order valence-electron chi connectivity index (χ3n) is 3.51.